The van der Waals surface area contributed by atoms with E-state index in [1.165, 1.54) is 19.3 Å². The molecule has 0 fully saturated rings. The Kier molecular flexibility index (Phi) is 3.12. The molecule has 1 rings (SSSR count). The Balaban J connectivity index is 3.07. The molecule has 2 N–H and O–H groups in total. The summed E-state index contributed by atoms with van der Waals surface area (Å²) in [4.78, 5) is 10.6. The van der Waals surface area contributed by atoms with Crippen molar-refractivity contribution in [3.05, 3.63) is 35.6 Å². The first-order chi connectivity index (χ1) is 6.65. The van der Waals surface area contributed by atoms with Gasteiger partial charge in [0.15, 0.2) is 0 Å². The Hall–Kier alpha value is -1.97. The van der Waals surface area contributed by atoms with E-state index in [1.807, 2.05) is 0 Å². The monoisotopic (exact) mass is 194 g/mol. The Morgan fingerprint density at radius 1 is 1.43 bits per heavy atom. The van der Waals surface area contributed by atoms with E-state index in [0.29, 0.717) is 5.56 Å². The maximum absolute atomic E-state index is 10.6. The number of benzene rings is 1. The zero-order chi connectivity index (χ0) is 10.6. The Morgan fingerprint density at radius 3 is 2.57 bits per heavy atom. The van der Waals surface area contributed by atoms with Crippen LogP contribution in [0.5, 0.6) is 5.75 Å². The number of methoxy groups -OCH3 is 1. The predicted molar refractivity (Wildman–Crippen MR) is 50.7 cm³/mol. The predicted octanol–water partition coefficient (Wildman–Crippen LogP) is 1.46. The number of carboxylic acid groups (broad SMARTS) is 1. The molecule has 0 amide bonds. The van der Waals surface area contributed by atoms with Gasteiger partial charge in [-0.05, 0) is 12.1 Å². The van der Waals surface area contributed by atoms with Crippen molar-refractivity contribution in [2.75, 3.05) is 7.11 Å². The van der Waals surface area contributed by atoms with Crippen molar-refractivity contribution < 1.29 is 19.7 Å². The molecule has 0 saturated heterocycles. The van der Waals surface area contributed by atoms with Crippen LogP contribution < -0.4 is 0 Å². The molecule has 74 valence electrons. The van der Waals surface area contributed by atoms with Crippen molar-refractivity contribution in [1.29, 1.82) is 0 Å². The zero-order valence-electron chi connectivity index (χ0n) is 7.60. The molecule has 1 aromatic carbocycles. The summed E-state index contributed by atoms with van der Waals surface area (Å²) in [5.41, 5.74) is 0.409. The van der Waals surface area contributed by atoms with Crippen LogP contribution in [-0.2, 0) is 9.53 Å². The molecule has 14 heavy (non-hydrogen) atoms. The summed E-state index contributed by atoms with van der Waals surface area (Å²) in [6, 6.07) is 6.42. The molecular formula is C10H10O4. The van der Waals surface area contributed by atoms with E-state index in [9.17, 15) is 9.90 Å². The van der Waals surface area contributed by atoms with Gasteiger partial charge in [-0.2, -0.15) is 0 Å². The van der Waals surface area contributed by atoms with Gasteiger partial charge in [0.25, 0.3) is 0 Å². The third-order valence-electron chi connectivity index (χ3n) is 1.65. The number of phenols is 1. The summed E-state index contributed by atoms with van der Waals surface area (Å²) in [5.74, 6) is -1.37. The summed E-state index contributed by atoms with van der Waals surface area (Å²) in [6.45, 7) is 0. The number of aliphatic carboxylic acids is 1. The molecule has 1 aromatic rings. The normalized spacial score (nSPS) is 11.1. The molecular weight excluding hydrogens is 184 g/mol. The van der Waals surface area contributed by atoms with Crippen LogP contribution in [-0.4, -0.2) is 23.3 Å². The molecule has 0 aromatic heterocycles. The van der Waals surface area contributed by atoms with Gasteiger partial charge < -0.3 is 14.9 Å². The minimum atomic E-state index is -1.17. The number of hydrogen-bond acceptors (Lipinski definition) is 3. The molecule has 0 aliphatic rings. The summed E-state index contributed by atoms with van der Waals surface area (Å²) < 4.78 is 4.62. The molecule has 4 nitrogen and oxygen atoms in total. The number of carbonyl (C=O) groups is 1. The van der Waals surface area contributed by atoms with Gasteiger partial charge in [-0.25, -0.2) is 4.79 Å². The maximum Gasteiger partial charge on any atom is 0.371 e. The lowest BCUT2D eigenvalue weighted by atomic mass is 10.2. The van der Waals surface area contributed by atoms with Gasteiger partial charge in [-0.15, -0.1) is 0 Å². The molecule has 0 bridgehead atoms. The van der Waals surface area contributed by atoms with Gasteiger partial charge in [0.1, 0.15) is 5.75 Å². The summed E-state index contributed by atoms with van der Waals surface area (Å²) in [6.07, 6.45) is 1.26. The van der Waals surface area contributed by atoms with Gasteiger partial charge >= 0.3 is 5.97 Å². The number of hydrogen-bond donors (Lipinski definition) is 2. The number of ether oxygens (including phenoxy) is 1. The number of rotatable bonds is 3. The zero-order valence-corrected chi connectivity index (χ0v) is 7.60. The van der Waals surface area contributed by atoms with E-state index < -0.39 is 5.97 Å². The number of carboxylic acids is 1. The lowest BCUT2D eigenvalue weighted by Crippen LogP contribution is -2.01. The highest BCUT2D eigenvalue weighted by Gasteiger charge is 2.07. The second-order valence-corrected chi connectivity index (χ2v) is 2.58. The smallest absolute Gasteiger partial charge is 0.371 e. The highest BCUT2D eigenvalue weighted by molar-refractivity contribution is 5.90. The SMILES string of the molecule is CO/C(=C\c1ccccc1O)C(=O)O. The summed E-state index contributed by atoms with van der Waals surface area (Å²) in [5, 5.41) is 18.0. The average Bonchev–Trinajstić information content (AvgIpc) is 2.16. The topological polar surface area (TPSA) is 66.8 Å². The standard InChI is InChI=1S/C10H10O4/c1-14-9(10(12)13)6-7-4-2-3-5-8(7)11/h2-6,11H,1H3,(H,12,13)/b9-6-. The van der Waals surface area contributed by atoms with Gasteiger partial charge in [-0.3, -0.25) is 0 Å². The molecule has 0 saturated carbocycles. The van der Waals surface area contributed by atoms with E-state index in [-0.39, 0.29) is 11.5 Å². The molecule has 0 heterocycles. The van der Waals surface area contributed by atoms with Crippen LogP contribution in [0.3, 0.4) is 0 Å². The van der Waals surface area contributed by atoms with Crippen LogP contribution in [0.4, 0.5) is 0 Å². The third-order valence-corrected chi connectivity index (χ3v) is 1.65. The van der Waals surface area contributed by atoms with Crippen molar-refractivity contribution in [2.45, 2.75) is 0 Å². The van der Waals surface area contributed by atoms with Crippen LogP contribution in [0.15, 0.2) is 30.0 Å². The molecule has 0 unspecified atom stereocenters. The van der Waals surface area contributed by atoms with E-state index in [2.05, 4.69) is 4.74 Å². The van der Waals surface area contributed by atoms with E-state index in [4.69, 9.17) is 5.11 Å². The fourth-order valence-electron chi connectivity index (χ4n) is 0.959. The number of phenolic OH excluding ortho intramolecular Hbond substituents is 1. The van der Waals surface area contributed by atoms with Crippen LogP contribution in [0.1, 0.15) is 5.56 Å². The first kappa shape index (κ1) is 10.1. The molecule has 4 heteroatoms. The third kappa shape index (κ3) is 2.26. The molecule has 0 atom stereocenters. The van der Waals surface area contributed by atoms with Crippen molar-refractivity contribution in [3.63, 3.8) is 0 Å². The molecule has 0 aliphatic carbocycles. The molecule has 0 spiro atoms. The second-order valence-electron chi connectivity index (χ2n) is 2.58. The van der Waals surface area contributed by atoms with Crippen LogP contribution in [0.25, 0.3) is 6.08 Å². The Bertz CT molecular complexity index is 368. The second kappa shape index (κ2) is 4.32. The van der Waals surface area contributed by atoms with Crippen LogP contribution in [0, 0.1) is 0 Å². The summed E-state index contributed by atoms with van der Waals surface area (Å²) in [7, 11) is 1.26. The molecule has 0 radical (unpaired) electrons. The van der Waals surface area contributed by atoms with Gasteiger partial charge in [0.05, 0.1) is 7.11 Å². The van der Waals surface area contributed by atoms with Crippen molar-refractivity contribution >= 4 is 12.0 Å². The molecule has 0 aliphatic heterocycles. The fraction of sp³-hybridized carbons (Fsp3) is 0.100. The number of aromatic hydroxyl groups is 1. The quantitative estimate of drug-likeness (QED) is 0.564. The minimum absolute atomic E-state index is 0.0169. The van der Waals surface area contributed by atoms with Crippen LogP contribution >= 0.6 is 0 Å². The largest absolute Gasteiger partial charge is 0.507 e. The Labute approximate surface area is 81.1 Å². The van der Waals surface area contributed by atoms with Crippen molar-refractivity contribution in [3.8, 4) is 5.75 Å². The highest BCUT2D eigenvalue weighted by atomic mass is 16.5. The number of para-hydroxylation sites is 1. The maximum atomic E-state index is 10.6. The fourth-order valence-corrected chi connectivity index (χ4v) is 0.959. The van der Waals surface area contributed by atoms with Crippen molar-refractivity contribution in [1.82, 2.24) is 0 Å². The van der Waals surface area contributed by atoms with Gasteiger partial charge in [0.2, 0.25) is 5.76 Å². The minimum Gasteiger partial charge on any atom is -0.507 e. The van der Waals surface area contributed by atoms with Crippen LogP contribution in [0.2, 0.25) is 0 Å². The van der Waals surface area contributed by atoms with E-state index >= 15 is 0 Å². The van der Waals surface area contributed by atoms with Crippen molar-refractivity contribution in [2.24, 2.45) is 0 Å². The Morgan fingerprint density at radius 2 is 2.07 bits per heavy atom. The lowest BCUT2D eigenvalue weighted by Gasteiger charge is -2.01. The summed E-state index contributed by atoms with van der Waals surface area (Å²) >= 11 is 0. The van der Waals surface area contributed by atoms with Gasteiger partial charge in [0, 0.05) is 5.56 Å². The average molecular weight is 194 g/mol. The highest BCUT2D eigenvalue weighted by Crippen LogP contribution is 2.18. The lowest BCUT2D eigenvalue weighted by molar-refractivity contribution is -0.135. The van der Waals surface area contributed by atoms with E-state index in [1.54, 1.807) is 18.2 Å². The first-order valence-electron chi connectivity index (χ1n) is 3.92. The first-order valence-corrected chi connectivity index (χ1v) is 3.92. The van der Waals surface area contributed by atoms with Gasteiger partial charge in [-0.1, -0.05) is 18.2 Å². The van der Waals surface area contributed by atoms with E-state index in [0.717, 1.165) is 0 Å².